The normalized spacial score (nSPS) is 12.6. The molecule has 3 N–H and O–H groups in total. The second kappa shape index (κ2) is 6.29. The van der Waals surface area contributed by atoms with Crippen LogP contribution in [0.2, 0.25) is 0 Å². The zero-order chi connectivity index (χ0) is 16.2. The summed E-state index contributed by atoms with van der Waals surface area (Å²) in [6.07, 6.45) is 6.08. The topological polar surface area (TPSA) is 95.8 Å². The van der Waals surface area contributed by atoms with E-state index in [1.54, 1.807) is 17.0 Å². The van der Waals surface area contributed by atoms with E-state index in [4.69, 9.17) is 5.21 Å². The number of para-hydroxylation sites is 1. The molecule has 116 valence electrons. The molecule has 0 saturated heterocycles. The molecule has 23 heavy (non-hydrogen) atoms. The molecular formula is C16H15N5O2. The van der Waals surface area contributed by atoms with Crippen molar-refractivity contribution in [3.8, 4) is 0 Å². The van der Waals surface area contributed by atoms with Crippen molar-refractivity contribution < 1.29 is 10.0 Å². The maximum Gasteiger partial charge on any atom is 0.267 e. The molecule has 1 amide bonds. The van der Waals surface area contributed by atoms with Crippen LogP contribution in [0.1, 0.15) is 17.4 Å². The minimum absolute atomic E-state index is 0.205. The van der Waals surface area contributed by atoms with Gasteiger partial charge in [0.15, 0.2) is 0 Å². The molecule has 2 heterocycles. The first-order valence-electron chi connectivity index (χ1n) is 6.95. The molecule has 3 aromatic rings. The SMILES string of the molecule is C=CC(c1cc2ccccc2[nH]1)n1cc(C=CC(=O)NO)nn1. The van der Waals surface area contributed by atoms with Crippen LogP contribution in [0.4, 0.5) is 0 Å². The summed E-state index contributed by atoms with van der Waals surface area (Å²) in [6, 6.07) is 9.81. The van der Waals surface area contributed by atoms with Crippen LogP contribution in [0.3, 0.4) is 0 Å². The fourth-order valence-electron chi connectivity index (χ4n) is 2.33. The molecule has 2 aromatic heterocycles. The first-order valence-corrected chi connectivity index (χ1v) is 6.95. The van der Waals surface area contributed by atoms with Crippen LogP contribution < -0.4 is 5.48 Å². The molecule has 0 saturated carbocycles. The molecule has 7 heteroatoms. The predicted octanol–water partition coefficient (Wildman–Crippen LogP) is 2.05. The van der Waals surface area contributed by atoms with Crippen molar-refractivity contribution in [2.75, 3.05) is 0 Å². The number of fused-ring (bicyclic) bond motifs is 1. The highest BCUT2D eigenvalue weighted by Crippen LogP contribution is 2.23. The van der Waals surface area contributed by atoms with E-state index in [-0.39, 0.29) is 6.04 Å². The standard InChI is InChI=1S/C16H15N5O2/c1-2-15(14-9-11-5-3-4-6-13(11)17-14)21-10-12(18-20-21)7-8-16(22)19-23/h2-10,15,17,23H,1H2,(H,19,22). The number of rotatable bonds is 5. The van der Waals surface area contributed by atoms with E-state index in [0.717, 1.165) is 16.6 Å². The van der Waals surface area contributed by atoms with Gasteiger partial charge in [-0.1, -0.05) is 29.5 Å². The molecule has 0 bridgehead atoms. The average Bonchev–Trinajstić information content (AvgIpc) is 3.20. The van der Waals surface area contributed by atoms with Gasteiger partial charge in [0, 0.05) is 17.3 Å². The van der Waals surface area contributed by atoms with Gasteiger partial charge in [-0.15, -0.1) is 11.7 Å². The smallest absolute Gasteiger partial charge is 0.267 e. The summed E-state index contributed by atoms with van der Waals surface area (Å²) in [4.78, 5) is 14.3. The fourth-order valence-corrected chi connectivity index (χ4v) is 2.33. The van der Waals surface area contributed by atoms with Gasteiger partial charge in [0.25, 0.3) is 5.91 Å². The molecule has 1 unspecified atom stereocenters. The van der Waals surface area contributed by atoms with E-state index in [1.807, 2.05) is 30.3 Å². The Hall–Kier alpha value is -3.19. The molecule has 3 rings (SSSR count). The van der Waals surface area contributed by atoms with E-state index in [9.17, 15) is 4.79 Å². The van der Waals surface area contributed by atoms with Crippen LogP contribution in [0.25, 0.3) is 17.0 Å². The van der Waals surface area contributed by atoms with E-state index in [1.165, 1.54) is 17.6 Å². The summed E-state index contributed by atoms with van der Waals surface area (Å²) in [6.45, 7) is 3.86. The maximum absolute atomic E-state index is 11.0. The zero-order valence-corrected chi connectivity index (χ0v) is 12.2. The minimum Gasteiger partial charge on any atom is -0.356 e. The number of benzene rings is 1. The molecule has 0 spiro atoms. The number of amides is 1. The summed E-state index contributed by atoms with van der Waals surface area (Å²) in [5.74, 6) is -0.629. The second-order valence-electron chi connectivity index (χ2n) is 4.93. The molecule has 0 fully saturated rings. The zero-order valence-electron chi connectivity index (χ0n) is 12.2. The molecule has 7 nitrogen and oxygen atoms in total. The van der Waals surface area contributed by atoms with E-state index >= 15 is 0 Å². The van der Waals surface area contributed by atoms with Gasteiger partial charge in [-0.3, -0.25) is 10.0 Å². The molecule has 0 aliphatic heterocycles. The van der Waals surface area contributed by atoms with Crippen LogP contribution in [-0.2, 0) is 4.79 Å². The number of H-pyrrole nitrogens is 1. The molecule has 1 aromatic carbocycles. The first kappa shape index (κ1) is 14.7. The Labute approximate surface area is 131 Å². The van der Waals surface area contributed by atoms with Crippen LogP contribution >= 0.6 is 0 Å². The lowest BCUT2D eigenvalue weighted by Gasteiger charge is -2.09. The lowest BCUT2D eigenvalue weighted by atomic mass is 10.2. The number of allylic oxidation sites excluding steroid dienone is 1. The number of hydrogen-bond donors (Lipinski definition) is 3. The van der Waals surface area contributed by atoms with Gasteiger partial charge in [-0.2, -0.15) is 0 Å². The van der Waals surface area contributed by atoms with Crippen LogP contribution in [-0.4, -0.2) is 31.1 Å². The van der Waals surface area contributed by atoms with Crippen molar-refractivity contribution >= 4 is 22.9 Å². The quantitative estimate of drug-likeness (QED) is 0.291. The van der Waals surface area contributed by atoms with E-state index in [2.05, 4.69) is 21.9 Å². The molecule has 1 atom stereocenters. The number of nitrogens with zero attached hydrogens (tertiary/aromatic N) is 3. The number of hydroxylamine groups is 1. The van der Waals surface area contributed by atoms with E-state index in [0.29, 0.717) is 5.69 Å². The summed E-state index contributed by atoms with van der Waals surface area (Å²) < 4.78 is 1.65. The highest BCUT2D eigenvalue weighted by Gasteiger charge is 2.14. The van der Waals surface area contributed by atoms with Crippen molar-refractivity contribution in [3.05, 3.63) is 66.6 Å². The van der Waals surface area contributed by atoms with Crippen LogP contribution in [0, 0.1) is 0 Å². The van der Waals surface area contributed by atoms with Crippen molar-refractivity contribution in [3.63, 3.8) is 0 Å². The van der Waals surface area contributed by atoms with Gasteiger partial charge in [-0.25, -0.2) is 10.2 Å². The van der Waals surface area contributed by atoms with Crippen molar-refractivity contribution in [2.45, 2.75) is 6.04 Å². The number of carbonyl (C=O) groups is 1. The number of aromatic nitrogens is 4. The number of nitrogens with one attached hydrogen (secondary N) is 2. The Kier molecular flexibility index (Phi) is 4.03. The highest BCUT2D eigenvalue weighted by atomic mass is 16.5. The van der Waals surface area contributed by atoms with Gasteiger partial charge < -0.3 is 4.98 Å². The molecule has 0 aliphatic carbocycles. The highest BCUT2D eigenvalue weighted by molar-refractivity contribution is 5.90. The number of aromatic amines is 1. The van der Waals surface area contributed by atoms with Crippen molar-refractivity contribution in [1.82, 2.24) is 25.5 Å². The third-order valence-corrected chi connectivity index (χ3v) is 3.42. The predicted molar refractivity (Wildman–Crippen MR) is 85.6 cm³/mol. The van der Waals surface area contributed by atoms with Gasteiger partial charge in [0.1, 0.15) is 11.7 Å². The fraction of sp³-hybridized carbons (Fsp3) is 0.0625. The number of hydrogen-bond acceptors (Lipinski definition) is 4. The summed E-state index contributed by atoms with van der Waals surface area (Å²) >= 11 is 0. The summed E-state index contributed by atoms with van der Waals surface area (Å²) in [5, 5.41) is 17.6. The monoisotopic (exact) mass is 309 g/mol. The third-order valence-electron chi connectivity index (χ3n) is 3.42. The molecular weight excluding hydrogens is 294 g/mol. The lowest BCUT2D eigenvalue weighted by molar-refractivity contribution is -0.124. The van der Waals surface area contributed by atoms with Gasteiger partial charge in [0.2, 0.25) is 0 Å². The van der Waals surface area contributed by atoms with Gasteiger partial charge >= 0.3 is 0 Å². The summed E-state index contributed by atoms with van der Waals surface area (Å²) in [7, 11) is 0. The second-order valence-corrected chi connectivity index (χ2v) is 4.93. The Bertz CT molecular complexity index is 844. The van der Waals surface area contributed by atoms with Crippen LogP contribution in [0.5, 0.6) is 0 Å². The first-order chi connectivity index (χ1) is 11.2. The Balaban J connectivity index is 1.89. The van der Waals surface area contributed by atoms with Crippen molar-refractivity contribution in [1.29, 1.82) is 0 Å². The van der Waals surface area contributed by atoms with Gasteiger partial charge in [-0.05, 0) is 23.6 Å². The van der Waals surface area contributed by atoms with E-state index < -0.39 is 5.91 Å². The average molecular weight is 309 g/mol. The molecule has 0 radical (unpaired) electrons. The largest absolute Gasteiger partial charge is 0.356 e. The lowest BCUT2D eigenvalue weighted by Crippen LogP contribution is -2.14. The summed E-state index contributed by atoms with van der Waals surface area (Å²) in [5.41, 5.74) is 3.99. The maximum atomic E-state index is 11.0. The van der Waals surface area contributed by atoms with Gasteiger partial charge in [0.05, 0.1) is 6.20 Å². The number of carbonyl (C=O) groups excluding carboxylic acids is 1. The Morgan fingerprint density at radius 3 is 3.00 bits per heavy atom. The Morgan fingerprint density at radius 1 is 1.43 bits per heavy atom. The minimum atomic E-state index is -0.629. The Morgan fingerprint density at radius 2 is 2.26 bits per heavy atom. The van der Waals surface area contributed by atoms with Crippen molar-refractivity contribution in [2.24, 2.45) is 0 Å². The molecule has 0 aliphatic rings. The van der Waals surface area contributed by atoms with Crippen LogP contribution in [0.15, 0.2) is 55.3 Å². The third kappa shape index (κ3) is 3.04.